The number of anilines is 1. The van der Waals surface area contributed by atoms with Crippen LogP contribution < -0.4 is 10.9 Å². The van der Waals surface area contributed by atoms with Gasteiger partial charge in [0.05, 0.1) is 16.8 Å². The van der Waals surface area contributed by atoms with E-state index in [1.807, 2.05) is 30.3 Å². The molecule has 5 nitrogen and oxygen atoms in total. The molecule has 0 saturated heterocycles. The summed E-state index contributed by atoms with van der Waals surface area (Å²) in [5.41, 5.74) is 2.53. The van der Waals surface area contributed by atoms with Gasteiger partial charge in [0.25, 0.3) is 5.56 Å². The van der Waals surface area contributed by atoms with Crippen LogP contribution in [0.3, 0.4) is 0 Å². The number of hydrogen-bond donors (Lipinski definition) is 1. The van der Waals surface area contributed by atoms with E-state index in [4.69, 9.17) is 16.6 Å². The minimum atomic E-state index is -0.171. The van der Waals surface area contributed by atoms with Crippen molar-refractivity contribution in [2.75, 3.05) is 11.1 Å². The molecule has 1 amide bonds. The van der Waals surface area contributed by atoms with Gasteiger partial charge in [-0.25, -0.2) is 4.98 Å². The Morgan fingerprint density at radius 3 is 2.73 bits per heavy atom. The molecular formula is C25H22ClN3O2S2. The summed E-state index contributed by atoms with van der Waals surface area (Å²) in [6.07, 6.45) is 3.00. The molecule has 4 aromatic rings. The third kappa shape index (κ3) is 4.58. The van der Waals surface area contributed by atoms with Crippen molar-refractivity contribution in [3.63, 3.8) is 0 Å². The molecule has 33 heavy (non-hydrogen) atoms. The van der Waals surface area contributed by atoms with Crippen LogP contribution in [0.15, 0.2) is 64.5 Å². The van der Waals surface area contributed by atoms with Crippen molar-refractivity contribution in [3.05, 3.63) is 80.4 Å². The fourth-order valence-corrected chi connectivity index (χ4v) is 6.50. The number of hydrogen-bond acceptors (Lipinski definition) is 5. The number of aryl methyl sites for hydroxylation is 1. The molecule has 0 bridgehead atoms. The van der Waals surface area contributed by atoms with E-state index in [2.05, 4.69) is 12.2 Å². The first-order valence-electron chi connectivity index (χ1n) is 10.8. The summed E-state index contributed by atoms with van der Waals surface area (Å²) in [5, 5.41) is 4.74. The monoisotopic (exact) mass is 495 g/mol. The summed E-state index contributed by atoms with van der Waals surface area (Å²) in [5.74, 6) is 0.582. The van der Waals surface area contributed by atoms with Crippen molar-refractivity contribution in [3.8, 4) is 5.69 Å². The average Bonchev–Trinajstić information content (AvgIpc) is 3.17. The minimum Gasteiger partial charge on any atom is -0.325 e. The molecule has 2 aromatic carbocycles. The van der Waals surface area contributed by atoms with E-state index in [0.29, 0.717) is 21.8 Å². The standard InChI is InChI=1S/C25H22ClN3O2S2/c1-15-7-12-19-20(13-15)33-23-22(19)24(31)29(18-5-3-2-4-6-18)25(28-23)32-14-21(30)27-17-10-8-16(26)9-11-17/h2-6,8-11,15H,7,12-14H2,1H3,(H,27,30)/t15-/m1/s1. The fourth-order valence-electron chi connectivity index (χ4n) is 4.13. The van der Waals surface area contributed by atoms with Gasteiger partial charge >= 0.3 is 0 Å². The average molecular weight is 496 g/mol. The second kappa shape index (κ2) is 9.33. The Kier molecular flexibility index (Phi) is 6.27. The Morgan fingerprint density at radius 1 is 1.21 bits per heavy atom. The third-order valence-corrected chi connectivity index (χ3v) is 8.11. The number of fused-ring (bicyclic) bond motifs is 3. The Morgan fingerprint density at radius 2 is 1.97 bits per heavy atom. The van der Waals surface area contributed by atoms with Crippen molar-refractivity contribution < 1.29 is 4.79 Å². The Bertz CT molecular complexity index is 1380. The molecule has 0 aliphatic heterocycles. The number of benzene rings is 2. The quantitative estimate of drug-likeness (QED) is 0.274. The predicted octanol–water partition coefficient (Wildman–Crippen LogP) is 5.96. The molecular weight excluding hydrogens is 474 g/mol. The van der Waals surface area contributed by atoms with Gasteiger partial charge in [-0.15, -0.1) is 11.3 Å². The number of amides is 1. The van der Waals surface area contributed by atoms with E-state index in [1.54, 1.807) is 40.2 Å². The first-order valence-corrected chi connectivity index (χ1v) is 13.0. The largest absolute Gasteiger partial charge is 0.325 e. The summed E-state index contributed by atoms with van der Waals surface area (Å²) in [7, 11) is 0. The molecule has 1 aliphatic carbocycles. The summed E-state index contributed by atoms with van der Waals surface area (Å²) < 4.78 is 1.65. The zero-order chi connectivity index (χ0) is 22.9. The maximum absolute atomic E-state index is 13.7. The lowest BCUT2D eigenvalue weighted by Gasteiger charge is -2.17. The van der Waals surface area contributed by atoms with Crippen molar-refractivity contribution >= 4 is 56.5 Å². The Labute approximate surface area is 204 Å². The number of aromatic nitrogens is 2. The van der Waals surface area contributed by atoms with Gasteiger partial charge in [-0.1, -0.05) is 48.5 Å². The van der Waals surface area contributed by atoms with E-state index in [0.717, 1.165) is 40.7 Å². The zero-order valence-corrected chi connectivity index (χ0v) is 20.4. The molecule has 2 heterocycles. The molecule has 8 heteroatoms. The third-order valence-electron chi connectivity index (χ3n) is 5.77. The van der Waals surface area contributed by atoms with Gasteiger partial charge in [-0.05, 0) is 67.1 Å². The molecule has 1 atom stereocenters. The second-order valence-electron chi connectivity index (χ2n) is 8.25. The summed E-state index contributed by atoms with van der Waals surface area (Å²) in [4.78, 5) is 33.2. The van der Waals surface area contributed by atoms with Gasteiger partial charge in [0, 0.05) is 15.6 Å². The summed E-state index contributed by atoms with van der Waals surface area (Å²) in [6.45, 7) is 2.25. The lowest BCUT2D eigenvalue weighted by molar-refractivity contribution is -0.113. The van der Waals surface area contributed by atoms with Gasteiger partial charge in [-0.3, -0.25) is 14.2 Å². The van der Waals surface area contributed by atoms with E-state index in [-0.39, 0.29) is 17.2 Å². The van der Waals surface area contributed by atoms with Crippen molar-refractivity contribution in [1.82, 2.24) is 9.55 Å². The number of halogens is 1. The van der Waals surface area contributed by atoms with Crippen LogP contribution in [0.4, 0.5) is 5.69 Å². The van der Waals surface area contributed by atoms with Gasteiger partial charge in [0.2, 0.25) is 5.91 Å². The molecule has 1 aliphatic rings. The number of thioether (sulfide) groups is 1. The van der Waals surface area contributed by atoms with E-state index >= 15 is 0 Å². The Hall–Kier alpha value is -2.61. The zero-order valence-electron chi connectivity index (χ0n) is 18.0. The first kappa shape index (κ1) is 22.2. The van der Waals surface area contributed by atoms with Gasteiger partial charge in [0.15, 0.2) is 5.16 Å². The predicted molar refractivity (Wildman–Crippen MR) is 137 cm³/mol. The van der Waals surface area contributed by atoms with E-state index in [9.17, 15) is 9.59 Å². The lowest BCUT2D eigenvalue weighted by Crippen LogP contribution is -2.23. The number of carbonyl (C=O) groups excluding carboxylic acids is 1. The SMILES string of the molecule is C[C@@H]1CCc2c(sc3nc(SCC(=O)Nc4ccc(Cl)cc4)n(-c4ccccc4)c(=O)c23)C1. The topological polar surface area (TPSA) is 64.0 Å². The van der Waals surface area contributed by atoms with Gasteiger partial charge in [0.1, 0.15) is 4.83 Å². The number of para-hydroxylation sites is 1. The number of carbonyl (C=O) groups is 1. The van der Waals surface area contributed by atoms with Crippen LogP contribution in [0, 0.1) is 5.92 Å². The Balaban J connectivity index is 1.51. The molecule has 0 spiro atoms. The number of nitrogens with one attached hydrogen (secondary N) is 1. The number of thiophene rings is 1. The van der Waals surface area contributed by atoms with Crippen LogP contribution >= 0.6 is 34.7 Å². The van der Waals surface area contributed by atoms with Crippen LogP contribution in [0.25, 0.3) is 15.9 Å². The second-order valence-corrected chi connectivity index (χ2v) is 10.7. The molecule has 0 radical (unpaired) electrons. The van der Waals surface area contributed by atoms with Crippen molar-refractivity contribution in [2.45, 2.75) is 31.3 Å². The highest BCUT2D eigenvalue weighted by Crippen LogP contribution is 2.37. The first-order chi connectivity index (χ1) is 16.0. The van der Waals surface area contributed by atoms with Crippen LogP contribution in [-0.2, 0) is 17.6 Å². The summed E-state index contributed by atoms with van der Waals surface area (Å²) >= 11 is 8.81. The maximum Gasteiger partial charge on any atom is 0.267 e. The molecule has 0 saturated carbocycles. The molecule has 5 rings (SSSR count). The minimum absolute atomic E-state index is 0.0566. The highest BCUT2D eigenvalue weighted by atomic mass is 35.5. The van der Waals surface area contributed by atoms with E-state index in [1.165, 1.54) is 16.6 Å². The summed E-state index contributed by atoms with van der Waals surface area (Å²) in [6, 6.07) is 16.5. The van der Waals surface area contributed by atoms with Crippen LogP contribution in [0.2, 0.25) is 5.02 Å². The highest BCUT2D eigenvalue weighted by Gasteiger charge is 2.25. The van der Waals surface area contributed by atoms with Gasteiger partial charge in [-0.2, -0.15) is 0 Å². The van der Waals surface area contributed by atoms with Gasteiger partial charge < -0.3 is 5.32 Å². The molecule has 1 N–H and O–H groups in total. The van der Waals surface area contributed by atoms with Crippen LogP contribution in [0.1, 0.15) is 23.8 Å². The molecule has 0 fully saturated rings. The van der Waals surface area contributed by atoms with Crippen LogP contribution in [-0.4, -0.2) is 21.2 Å². The van der Waals surface area contributed by atoms with Crippen molar-refractivity contribution in [1.29, 1.82) is 0 Å². The molecule has 168 valence electrons. The van der Waals surface area contributed by atoms with E-state index < -0.39 is 0 Å². The lowest BCUT2D eigenvalue weighted by atomic mass is 9.89. The molecule has 0 unspecified atom stereocenters. The van der Waals surface area contributed by atoms with Crippen LogP contribution in [0.5, 0.6) is 0 Å². The highest BCUT2D eigenvalue weighted by molar-refractivity contribution is 7.99. The van der Waals surface area contributed by atoms with Crippen molar-refractivity contribution in [2.24, 2.45) is 5.92 Å². The number of rotatable bonds is 5. The molecule has 2 aromatic heterocycles. The maximum atomic E-state index is 13.7. The normalized spacial score (nSPS) is 15.4. The number of nitrogens with zero attached hydrogens (tertiary/aromatic N) is 2. The fraction of sp³-hybridized carbons (Fsp3) is 0.240. The smallest absolute Gasteiger partial charge is 0.267 e.